The fourth-order valence-electron chi connectivity index (χ4n) is 2.14. The second-order valence-corrected chi connectivity index (χ2v) is 5.79. The van der Waals surface area contributed by atoms with E-state index in [1.54, 1.807) is 18.3 Å². The molecular weight excluding hydrogens is 324 g/mol. The molecule has 102 valence electrons. The summed E-state index contributed by atoms with van der Waals surface area (Å²) in [7, 11) is 0. The van der Waals surface area contributed by atoms with E-state index in [-0.39, 0.29) is 0 Å². The van der Waals surface area contributed by atoms with Gasteiger partial charge < -0.3 is 10.4 Å². The first kappa shape index (κ1) is 13.1. The topological polar surface area (TPSA) is 79.3 Å². The van der Waals surface area contributed by atoms with Crippen LogP contribution in [0.1, 0.15) is 12.8 Å². The number of aromatic nitrogens is 1. The van der Waals surface area contributed by atoms with Gasteiger partial charge in [0, 0.05) is 16.1 Å². The lowest BCUT2D eigenvalue weighted by molar-refractivity contribution is -0.147. The first-order valence-electron chi connectivity index (χ1n) is 6.12. The number of benzene rings is 1. The molecule has 0 spiro atoms. The minimum Gasteiger partial charge on any atom is -0.480 e. The lowest BCUT2D eigenvalue weighted by Gasteiger charge is -2.12. The Morgan fingerprint density at radius 1 is 1.35 bits per heavy atom. The average Bonchev–Trinajstić information content (AvgIpc) is 3.20. The van der Waals surface area contributed by atoms with E-state index in [4.69, 9.17) is 5.11 Å². The molecular formula is C14H11BrN2O3. The van der Waals surface area contributed by atoms with Crippen molar-refractivity contribution in [3.05, 3.63) is 34.9 Å². The van der Waals surface area contributed by atoms with Gasteiger partial charge in [-0.15, -0.1) is 0 Å². The number of anilines is 1. The molecule has 0 bridgehead atoms. The lowest BCUT2D eigenvalue weighted by atomic mass is 10.1. The van der Waals surface area contributed by atoms with Gasteiger partial charge in [-0.3, -0.25) is 14.6 Å². The molecule has 5 nitrogen and oxygen atoms in total. The standard InChI is InChI=1S/C14H11BrN2O3/c15-9-6-8-2-1-3-10(11(8)16-7-9)17-12(18)14(4-5-14)13(19)20/h1-3,6-7H,4-5H2,(H,17,18)(H,19,20). The number of pyridine rings is 1. The molecule has 6 heteroatoms. The molecule has 3 rings (SSSR count). The molecule has 1 saturated carbocycles. The third kappa shape index (κ3) is 2.06. The van der Waals surface area contributed by atoms with Crippen LogP contribution in [0, 0.1) is 5.41 Å². The molecule has 1 aromatic carbocycles. The van der Waals surface area contributed by atoms with E-state index >= 15 is 0 Å². The molecule has 1 aliphatic carbocycles. The van der Waals surface area contributed by atoms with Gasteiger partial charge in [-0.05, 0) is 40.9 Å². The molecule has 1 amide bonds. The Morgan fingerprint density at radius 2 is 2.10 bits per heavy atom. The normalized spacial score (nSPS) is 15.8. The SMILES string of the molecule is O=C(O)C1(C(=O)Nc2cccc3cc(Br)cnc23)CC1. The van der Waals surface area contributed by atoms with Crippen LogP contribution in [0.15, 0.2) is 34.9 Å². The summed E-state index contributed by atoms with van der Waals surface area (Å²) in [6.07, 6.45) is 2.41. The smallest absolute Gasteiger partial charge is 0.319 e. The summed E-state index contributed by atoms with van der Waals surface area (Å²) < 4.78 is 0.845. The van der Waals surface area contributed by atoms with E-state index in [9.17, 15) is 9.59 Å². The summed E-state index contributed by atoms with van der Waals surface area (Å²) in [6, 6.07) is 7.29. The molecule has 0 saturated heterocycles. The Morgan fingerprint density at radius 3 is 2.75 bits per heavy atom. The highest BCUT2D eigenvalue weighted by Gasteiger charge is 2.57. The lowest BCUT2D eigenvalue weighted by Crippen LogP contribution is -2.31. The molecule has 1 fully saturated rings. The number of halogens is 1. The predicted octanol–water partition coefficient (Wildman–Crippen LogP) is 2.80. The number of amides is 1. The monoisotopic (exact) mass is 334 g/mol. The molecule has 2 aromatic rings. The Labute approximate surface area is 123 Å². The number of hydrogen-bond acceptors (Lipinski definition) is 3. The molecule has 0 atom stereocenters. The fourth-order valence-corrected chi connectivity index (χ4v) is 2.49. The van der Waals surface area contributed by atoms with Crippen LogP contribution in [0.3, 0.4) is 0 Å². The number of nitrogens with one attached hydrogen (secondary N) is 1. The maximum absolute atomic E-state index is 12.1. The second-order valence-electron chi connectivity index (χ2n) is 4.87. The molecule has 0 radical (unpaired) electrons. The number of rotatable bonds is 3. The second kappa shape index (κ2) is 4.56. The highest BCUT2D eigenvalue weighted by Crippen LogP contribution is 2.47. The number of nitrogens with zero attached hydrogens (tertiary/aromatic N) is 1. The molecule has 20 heavy (non-hydrogen) atoms. The number of carboxylic acid groups (broad SMARTS) is 1. The van der Waals surface area contributed by atoms with Crippen molar-refractivity contribution >= 4 is 44.4 Å². The van der Waals surface area contributed by atoms with Gasteiger partial charge in [0.2, 0.25) is 5.91 Å². The highest BCUT2D eigenvalue weighted by molar-refractivity contribution is 9.10. The maximum atomic E-state index is 12.1. The van der Waals surface area contributed by atoms with Crippen LogP contribution in [0.4, 0.5) is 5.69 Å². The van der Waals surface area contributed by atoms with Crippen molar-refractivity contribution in [3.63, 3.8) is 0 Å². The number of hydrogen-bond donors (Lipinski definition) is 2. The van der Waals surface area contributed by atoms with Crippen LogP contribution in [0.2, 0.25) is 0 Å². The summed E-state index contributed by atoms with van der Waals surface area (Å²) in [5.74, 6) is -1.53. The minimum absolute atomic E-state index is 0.387. The van der Waals surface area contributed by atoms with Crippen LogP contribution >= 0.6 is 15.9 Å². The molecule has 1 heterocycles. The number of aliphatic carboxylic acids is 1. The van der Waals surface area contributed by atoms with Gasteiger partial charge >= 0.3 is 5.97 Å². The van der Waals surface area contributed by atoms with Gasteiger partial charge in [0.1, 0.15) is 5.41 Å². The average molecular weight is 335 g/mol. The summed E-state index contributed by atoms with van der Waals surface area (Å²) in [6.45, 7) is 0. The Bertz CT molecular complexity index is 725. The minimum atomic E-state index is -1.25. The van der Waals surface area contributed by atoms with Gasteiger partial charge in [-0.2, -0.15) is 0 Å². The zero-order valence-electron chi connectivity index (χ0n) is 10.4. The maximum Gasteiger partial charge on any atom is 0.319 e. The van der Waals surface area contributed by atoms with E-state index in [1.807, 2.05) is 12.1 Å². The van der Waals surface area contributed by atoms with Gasteiger partial charge in [-0.1, -0.05) is 12.1 Å². The number of fused-ring (bicyclic) bond motifs is 1. The van der Waals surface area contributed by atoms with E-state index in [2.05, 4.69) is 26.2 Å². The summed E-state index contributed by atoms with van der Waals surface area (Å²) >= 11 is 3.34. The fraction of sp³-hybridized carbons (Fsp3) is 0.214. The Kier molecular flexibility index (Phi) is 2.97. The van der Waals surface area contributed by atoms with Crippen molar-refractivity contribution in [1.82, 2.24) is 4.98 Å². The molecule has 0 unspecified atom stereocenters. The van der Waals surface area contributed by atoms with Crippen molar-refractivity contribution < 1.29 is 14.7 Å². The zero-order chi connectivity index (χ0) is 14.3. The summed E-state index contributed by atoms with van der Waals surface area (Å²) in [5.41, 5.74) is -0.0740. The zero-order valence-corrected chi connectivity index (χ0v) is 12.0. The van der Waals surface area contributed by atoms with E-state index in [1.165, 1.54) is 0 Å². The van der Waals surface area contributed by atoms with Crippen LogP contribution < -0.4 is 5.32 Å². The van der Waals surface area contributed by atoms with Gasteiger partial charge in [0.25, 0.3) is 0 Å². The first-order chi connectivity index (χ1) is 9.53. The highest BCUT2D eigenvalue weighted by atomic mass is 79.9. The van der Waals surface area contributed by atoms with Gasteiger partial charge in [-0.25, -0.2) is 0 Å². The number of carbonyl (C=O) groups excluding carboxylic acids is 1. The number of carbonyl (C=O) groups is 2. The third-order valence-electron chi connectivity index (χ3n) is 3.52. The number of carboxylic acids is 1. The summed E-state index contributed by atoms with van der Waals surface area (Å²) in [5, 5.41) is 12.7. The molecule has 0 aliphatic heterocycles. The van der Waals surface area contributed by atoms with Crippen molar-refractivity contribution in [3.8, 4) is 0 Å². The largest absolute Gasteiger partial charge is 0.480 e. The van der Waals surface area contributed by atoms with Crippen molar-refractivity contribution in [1.29, 1.82) is 0 Å². The van der Waals surface area contributed by atoms with Crippen molar-refractivity contribution in [2.75, 3.05) is 5.32 Å². The summed E-state index contributed by atoms with van der Waals surface area (Å²) in [4.78, 5) is 27.5. The van der Waals surface area contributed by atoms with Crippen LogP contribution in [-0.4, -0.2) is 22.0 Å². The number of para-hydroxylation sites is 1. The molecule has 1 aliphatic rings. The first-order valence-corrected chi connectivity index (χ1v) is 6.91. The van der Waals surface area contributed by atoms with Gasteiger partial charge in [0.05, 0.1) is 11.2 Å². The quantitative estimate of drug-likeness (QED) is 0.846. The van der Waals surface area contributed by atoms with Crippen molar-refractivity contribution in [2.45, 2.75) is 12.8 Å². The van der Waals surface area contributed by atoms with E-state index in [0.29, 0.717) is 24.0 Å². The van der Waals surface area contributed by atoms with Crippen LogP contribution in [0.5, 0.6) is 0 Å². The molecule has 1 aromatic heterocycles. The van der Waals surface area contributed by atoms with E-state index < -0.39 is 17.3 Å². The van der Waals surface area contributed by atoms with Crippen LogP contribution in [0.25, 0.3) is 10.9 Å². The Hall–Kier alpha value is -1.95. The van der Waals surface area contributed by atoms with Crippen molar-refractivity contribution in [2.24, 2.45) is 5.41 Å². The predicted molar refractivity (Wildman–Crippen MR) is 77.4 cm³/mol. The van der Waals surface area contributed by atoms with E-state index in [0.717, 1.165) is 9.86 Å². The third-order valence-corrected chi connectivity index (χ3v) is 3.95. The molecule has 2 N–H and O–H groups in total. The Balaban J connectivity index is 1.96. The van der Waals surface area contributed by atoms with Gasteiger partial charge in [0.15, 0.2) is 0 Å². The van der Waals surface area contributed by atoms with Crippen LogP contribution in [-0.2, 0) is 9.59 Å².